The van der Waals surface area contributed by atoms with Crippen LogP contribution in [0.15, 0.2) is 54.6 Å². The second-order valence-corrected chi connectivity index (χ2v) is 6.32. The minimum Gasteiger partial charge on any atom is -0.395 e. The Morgan fingerprint density at radius 1 is 0.920 bits per heavy atom. The largest absolute Gasteiger partial charge is 0.395 e. The van der Waals surface area contributed by atoms with Gasteiger partial charge in [-0.1, -0.05) is 48.4 Å². The van der Waals surface area contributed by atoms with Crippen molar-refractivity contribution in [3.8, 4) is 12.3 Å². The lowest BCUT2D eigenvalue weighted by molar-refractivity contribution is 0.145. The van der Waals surface area contributed by atoms with Gasteiger partial charge in [-0.15, -0.1) is 6.42 Å². The molecule has 2 N–H and O–H groups in total. The van der Waals surface area contributed by atoms with Crippen LogP contribution in [-0.2, 0) is 5.60 Å². The summed E-state index contributed by atoms with van der Waals surface area (Å²) in [6, 6.07) is 17.2. The Bertz CT molecular complexity index is 716. The number of terminal acetylenes is 1. The first-order valence-electron chi connectivity index (χ1n) is 8.62. The third kappa shape index (κ3) is 3.69. The molecule has 0 amide bonds. The zero-order valence-electron chi connectivity index (χ0n) is 14.3. The second-order valence-electron chi connectivity index (χ2n) is 6.32. The molecule has 1 aliphatic rings. The predicted molar refractivity (Wildman–Crippen MR) is 100 cm³/mol. The van der Waals surface area contributed by atoms with E-state index in [1.165, 1.54) is 0 Å². The van der Waals surface area contributed by atoms with Crippen molar-refractivity contribution in [3.05, 3.63) is 65.7 Å². The van der Waals surface area contributed by atoms with Gasteiger partial charge in [0.1, 0.15) is 0 Å². The molecular weight excluding hydrogens is 312 g/mol. The summed E-state index contributed by atoms with van der Waals surface area (Å²) in [4.78, 5) is 4.58. The molecule has 0 aromatic heterocycles. The topological polar surface area (TPSA) is 46.9 Å². The van der Waals surface area contributed by atoms with Crippen molar-refractivity contribution >= 4 is 5.69 Å². The normalized spacial score (nSPS) is 17.7. The minimum absolute atomic E-state index is 0.207. The minimum atomic E-state index is -1.42. The van der Waals surface area contributed by atoms with E-state index in [1.54, 1.807) is 0 Å². The first-order valence-corrected chi connectivity index (χ1v) is 8.62. The zero-order chi connectivity index (χ0) is 17.7. The number of piperazine rings is 1. The van der Waals surface area contributed by atoms with Gasteiger partial charge < -0.3 is 15.1 Å². The van der Waals surface area contributed by atoms with Crippen LogP contribution < -0.4 is 4.90 Å². The summed E-state index contributed by atoms with van der Waals surface area (Å²) in [6.07, 6.45) is 5.66. The molecule has 1 fully saturated rings. The van der Waals surface area contributed by atoms with Gasteiger partial charge in [0.2, 0.25) is 0 Å². The van der Waals surface area contributed by atoms with Crippen LogP contribution in [0, 0.1) is 12.3 Å². The fourth-order valence-corrected chi connectivity index (χ4v) is 3.30. The first-order chi connectivity index (χ1) is 12.2. The summed E-state index contributed by atoms with van der Waals surface area (Å²) in [5.41, 5.74) is 1.10. The lowest BCUT2D eigenvalue weighted by Crippen LogP contribution is -2.47. The van der Waals surface area contributed by atoms with E-state index in [0.717, 1.165) is 38.4 Å². The van der Waals surface area contributed by atoms with Crippen molar-refractivity contribution in [2.45, 2.75) is 5.60 Å². The number of nitrogens with zero attached hydrogens (tertiary/aromatic N) is 2. The maximum Gasteiger partial charge on any atom is 0.176 e. The summed E-state index contributed by atoms with van der Waals surface area (Å²) in [5, 5.41) is 20.0. The maximum atomic E-state index is 11.0. The Kier molecular flexibility index (Phi) is 5.40. The van der Waals surface area contributed by atoms with Crippen LogP contribution >= 0.6 is 0 Å². The van der Waals surface area contributed by atoms with E-state index in [4.69, 9.17) is 11.5 Å². The smallest absolute Gasteiger partial charge is 0.176 e. The molecule has 1 atom stereocenters. The van der Waals surface area contributed by atoms with Gasteiger partial charge in [0, 0.05) is 49.5 Å². The molecule has 3 rings (SSSR count). The van der Waals surface area contributed by atoms with Gasteiger partial charge >= 0.3 is 0 Å². The molecule has 0 spiro atoms. The van der Waals surface area contributed by atoms with E-state index in [9.17, 15) is 5.11 Å². The highest BCUT2D eigenvalue weighted by Gasteiger charge is 2.29. The third-order valence-electron chi connectivity index (χ3n) is 4.84. The van der Waals surface area contributed by atoms with E-state index >= 15 is 0 Å². The maximum absolute atomic E-state index is 11.0. The molecule has 1 unspecified atom stereocenters. The Labute approximate surface area is 149 Å². The molecule has 2 aromatic carbocycles. The number of hydrogen-bond donors (Lipinski definition) is 2. The molecule has 2 aromatic rings. The number of aliphatic hydroxyl groups is 2. The molecule has 0 saturated carbocycles. The number of rotatable bonds is 5. The quantitative estimate of drug-likeness (QED) is 0.816. The van der Waals surface area contributed by atoms with Crippen LogP contribution in [0.1, 0.15) is 11.1 Å². The molecule has 0 aliphatic carbocycles. The van der Waals surface area contributed by atoms with Crippen LogP contribution in [0.2, 0.25) is 0 Å². The van der Waals surface area contributed by atoms with Crippen molar-refractivity contribution in [2.75, 3.05) is 44.2 Å². The van der Waals surface area contributed by atoms with Crippen LogP contribution in [0.4, 0.5) is 5.69 Å². The van der Waals surface area contributed by atoms with Crippen LogP contribution in [-0.4, -0.2) is 54.4 Å². The third-order valence-corrected chi connectivity index (χ3v) is 4.84. The average molecular weight is 336 g/mol. The van der Waals surface area contributed by atoms with Gasteiger partial charge in [0.15, 0.2) is 5.60 Å². The lowest BCUT2D eigenvalue weighted by Gasteiger charge is -2.36. The highest BCUT2D eigenvalue weighted by Crippen LogP contribution is 2.30. The lowest BCUT2D eigenvalue weighted by atomic mass is 9.87. The van der Waals surface area contributed by atoms with E-state index in [2.05, 4.69) is 15.7 Å². The molecule has 4 heteroatoms. The van der Waals surface area contributed by atoms with Gasteiger partial charge in [-0.05, 0) is 12.1 Å². The van der Waals surface area contributed by atoms with Crippen LogP contribution in [0.5, 0.6) is 0 Å². The monoisotopic (exact) mass is 336 g/mol. The molecule has 1 aliphatic heterocycles. The van der Waals surface area contributed by atoms with E-state index in [1.807, 2.05) is 54.6 Å². The Hall–Kier alpha value is -2.32. The van der Waals surface area contributed by atoms with E-state index < -0.39 is 5.60 Å². The van der Waals surface area contributed by atoms with Gasteiger partial charge in [-0.3, -0.25) is 4.90 Å². The molecule has 1 saturated heterocycles. The summed E-state index contributed by atoms with van der Waals surface area (Å²) in [6.45, 7) is 4.69. The average Bonchev–Trinajstić information content (AvgIpc) is 2.69. The van der Waals surface area contributed by atoms with Crippen molar-refractivity contribution in [1.82, 2.24) is 4.90 Å². The SMILES string of the molecule is C#CC(O)(c1ccccc1)c1ccc(N2CCN(CCO)CC2)cc1. The molecule has 0 radical (unpaired) electrons. The predicted octanol–water partition coefficient (Wildman–Crippen LogP) is 1.67. The molecular formula is C21H24N2O2. The number of aliphatic hydroxyl groups excluding tert-OH is 1. The first kappa shape index (κ1) is 17.5. The Morgan fingerprint density at radius 3 is 2.08 bits per heavy atom. The van der Waals surface area contributed by atoms with Crippen molar-refractivity contribution < 1.29 is 10.2 Å². The van der Waals surface area contributed by atoms with Crippen molar-refractivity contribution in [2.24, 2.45) is 0 Å². The number of benzene rings is 2. The second kappa shape index (κ2) is 7.71. The Balaban J connectivity index is 1.75. The van der Waals surface area contributed by atoms with Gasteiger partial charge in [0.25, 0.3) is 0 Å². The summed E-state index contributed by atoms with van der Waals surface area (Å²) >= 11 is 0. The highest BCUT2D eigenvalue weighted by atomic mass is 16.3. The van der Waals surface area contributed by atoms with Crippen molar-refractivity contribution in [1.29, 1.82) is 0 Å². The standard InChI is InChI=1S/C21H24N2O2/c1-2-21(25,18-6-4-3-5-7-18)19-8-10-20(11-9-19)23-14-12-22(13-15-23)16-17-24/h1,3-11,24-25H,12-17H2. The molecule has 130 valence electrons. The molecule has 4 nitrogen and oxygen atoms in total. The number of β-amino-alcohol motifs (C(OH)–C–C–N with tert-alkyl or cyclic N) is 1. The fraction of sp³-hybridized carbons (Fsp3) is 0.333. The molecule has 25 heavy (non-hydrogen) atoms. The van der Waals surface area contributed by atoms with Crippen molar-refractivity contribution in [3.63, 3.8) is 0 Å². The van der Waals surface area contributed by atoms with E-state index in [0.29, 0.717) is 11.1 Å². The summed E-state index contributed by atoms with van der Waals surface area (Å²) in [5.74, 6) is 2.54. The van der Waals surface area contributed by atoms with Gasteiger partial charge in [0.05, 0.1) is 6.61 Å². The van der Waals surface area contributed by atoms with Gasteiger partial charge in [-0.2, -0.15) is 0 Å². The summed E-state index contributed by atoms with van der Waals surface area (Å²) < 4.78 is 0. The van der Waals surface area contributed by atoms with Crippen LogP contribution in [0.25, 0.3) is 0 Å². The van der Waals surface area contributed by atoms with Crippen LogP contribution in [0.3, 0.4) is 0 Å². The van der Waals surface area contributed by atoms with Gasteiger partial charge in [-0.25, -0.2) is 0 Å². The highest BCUT2D eigenvalue weighted by molar-refractivity contribution is 5.52. The summed E-state index contributed by atoms with van der Waals surface area (Å²) in [7, 11) is 0. The molecule has 0 bridgehead atoms. The fourth-order valence-electron chi connectivity index (χ4n) is 3.30. The zero-order valence-corrected chi connectivity index (χ0v) is 14.3. The number of anilines is 1. The molecule has 1 heterocycles. The number of hydrogen-bond acceptors (Lipinski definition) is 4. The Morgan fingerprint density at radius 2 is 1.52 bits per heavy atom. The van der Waals surface area contributed by atoms with E-state index in [-0.39, 0.29) is 6.61 Å².